The van der Waals surface area contributed by atoms with Crippen molar-refractivity contribution in [3.8, 4) is 11.7 Å². The smallest absolute Gasteiger partial charge is 0.358 e. The number of aromatic nitrogens is 5. The van der Waals surface area contributed by atoms with Gasteiger partial charge in [0, 0.05) is 0 Å². The highest BCUT2D eigenvalue weighted by molar-refractivity contribution is 5.84. The molecule has 9 nitrogen and oxygen atoms in total. The minimum absolute atomic E-state index is 0.144. The summed E-state index contributed by atoms with van der Waals surface area (Å²) in [6, 6.07) is 3.39. The molecule has 0 aromatic carbocycles. The number of carboxylic acid groups (broad SMARTS) is 1. The SMILES string of the molecule is O=C(O)c1cn(Cc2noc(-c3ccco3)n2)nn1. The fraction of sp³-hybridized carbons (Fsp3) is 0.100. The zero-order valence-electron chi connectivity index (χ0n) is 9.42. The van der Waals surface area contributed by atoms with Crippen molar-refractivity contribution in [2.45, 2.75) is 6.54 Å². The molecular weight excluding hydrogens is 254 g/mol. The maximum atomic E-state index is 10.6. The van der Waals surface area contributed by atoms with E-state index in [1.165, 1.54) is 17.1 Å². The molecule has 0 unspecified atom stereocenters. The molecule has 9 heteroatoms. The Morgan fingerprint density at radius 1 is 1.47 bits per heavy atom. The summed E-state index contributed by atoms with van der Waals surface area (Å²) in [5.41, 5.74) is -0.144. The lowest BCUT2D eigenvalue weighted by molar-refractivity contribution is 0.0690. The Kier molecular flexibility index (Phi) is 2.56. The number of hydrogen-bond donors (Lipinski definition) is 1. The Morgan fingerprint density at radius 2 is 2.37 bits per heavy atom. The van der Waals surface area contributed by atoms with Crippen LogP contribution in [0.4, 0.5) is 0 Å². The van der Waals surface area contributed by atoms with E-state index < -0.39 is 5.97 Å². The molecule has 0 radical (unpaired) electrons. The first-order valence-electron chi connectivity index (χ1n) is 5.22. The number of aromatic carboxylic acids is 1. The molecule has 3 aromatic rings. The second-order valence-corrected chi connectivity index (χ2v) is 3.60. The van der Waals surface area contributed by atoms with E-state index in [4.69, 9.17) is 14.0 Å². The number of carboxylic acids is 1. The summed E-state index contributed by atoms with van der Waals surface area (Å²) in [6.07, 6.45) is 2.78. The van der Waals surface area contributed by atoms with Crippen molar-refractivity contribution in [2.75, 3.05) is 0 Å². The topological polar surface area (TPSA) is 120 Å². The summed E-state index contributed by atoms with van der Waals surface area (Å²) in [7, 11) is 0. The quantitative estimate of drug-likeness (QED) is 0.727. The molecular formula is C10H7N5O4. The number of nitrogens with zero attached hydrogens (tertiary/aromatic N) is 5. The zero-order chi connectivity index (χ0) is 13.2. The highest BCUT2D eigenvalue weighted by Crippen LogP contribution is 2.17. The van der Waals surface area contributed by atoms with E-state index in [1.807, 2.05) is 0 Å². The summed E-state index contributed by atoms with van der Waals surface area (Å²) in [5.74, 6) is -0.0917. The molecule has 0 saturated carbocycles. The maximum absolute atomic E-state index is 10.6. The van der Waals surface area contributed by atoms with Crippen LogP contribution in [0.3, 0.4) is 0 Å². The second-order valence-electron chi connectivity index (χ2n) is 3.60. The van der Waals surface area contributed by atoms with Gasteiger partial charge >= 0.3 is 5.97 Å². The first-order chi connectivity index (χ1) is 9.22. The molecule has 0 atom stereocenters. The van der Waals surface area contributed by atoms with Gasteiger partial charge in [-0.25, -0.2) is 9.48 Å². The van der Waals surface area contributed by atoms with Gasteiger partial charge in [-0.1, -0.05) is 10.4 Å². The lowest BCUT2D eigenvalue weighted by Gasteiger charge is -1.91. The number of rotatable bonds is 4. The van der Waals surface area contributed by atoms with Crippen LogP contribution in [-0.2, 0) is 6.54 Å². The molecule has 1 N–H and O–H groups in total. The normalized spacial score (nSPS) is 10.7. The Balaban J connectivity index is 1.78. The van der Waals surface area contributed by atoms with Crippen molar-refractivity contribution >= 4 is 5.97 Å². The molecule has 0 saturated heterocycles. The Morgan fingerprint density at radius 3 is 3.05 bits per heavy atom. The summed E-state index contributed by atoms with van der Waals surface area (Å²) in [6.45, 7) is 0.157. The van der Waals surface area contributed by atoms with Crippen LogP contribution in [0.2, 0.25) is 0 Å². The Hall–Kier alpha value is -2.97. The van der Waals surface area contributed by atoms with Gasteiger partial charge in [0.1, 0.15) is 6.54 Å². The lowest BCUT2D eigenvalue weighted by Crippen LogP contribution is -2.02. The summed E-state index contributed by atoms with van der Waals surface area (Å²) >= 11 is 0. The van der Waals surface area contributed by atoms with Crippen LogP contribution in [0.15, 0.2) is 33.5 Å². The van der Waals surface area contributed by atoms with Crippen LogP contribution in [0.1, 0.15) is 16.3 Å². The van der Waals surface area contributed by atoms with Gasteiger partial charge in [0.25, 0.3) is 5.89 Å². The predicted octanol–water partition coefficient (Wildman–Crippen LogP) is 0.668. The van der Waals surface area contributed by atoms with Gasteiger partial charge in [0.05, 0.1) is 12.5 Å². The van der Waals surface area contributed by atoms with E-state index in [9.17, 15) is 4.79 Å². The average molecular weight is 261 g/mol. The van der Waals surface area contributed by atoms with Crippen LogP contribution in [0, 0.1) is 0 Å². The predicted molar refractivity (Wildman–Crippen MR) is 58.1 cm³/mol. The van der Waals surface area contributed by atoms with E-state index in [1.54, 1.807) is 12.1 Å². The second kappa shape index (κ2) is 4.37. The molecule has 19 heavy (non-hydrogen) atoms. The van der Waals surface area contributed by atoms with Gasteiger partial charge in [-0.05, 0) is 12.1 Å². The van der Waals surface area contributed by atoms with Crippen LogP contribution in [-0.4, -0.2) is 36.2 Å². The fourth-order valence-electron chi connectivity index (χ4n) is 1.44. The third-order valence-corrected chi connectivity index (χ3v) is 2.26. The molecule has 0 aliphatic heterocycles. The van der Waals surface area contributed by atoms with Crippen molar-refractivity contribution in [1.82, 2.24) is 25.1 Å². The standard InChI is InChI=1S/C10H7N5O4/c16-10(17)6-4-15(14-12-6)5-8-11-9(19-13-8)7-2-1-3-18-7/h1-4H,5H2,(H,16,17). The summed E-state index contributed by atoms with van der Waals surface area (Å²) in [4.78, 5) is 14.7. The molecule has 0 fully saturated rings. The van der Waals surface area contributed by atoms with Crippen LogP contribution in [0.25, 0.3) is 11.7 Å². The molecule has 0 aliphatic rings. The molecule has 96 valence electrons. The minimum Gasteiger partial charge on any atom is -0.476 e. The Labute approximate surface area is 105 Å². The minimum atomic E-state index is -1.14. The molecule has 3 rings (SSSR count). The van der Waals surface area contributed by atoms with Gasteiger partial charge in [0.15, 0.2) is 17.3 Å². The van der Waals surface area contributed by atoms with Gasteiger partial charge in [0.2, 0.25) is 0 Å². The fourth-order valence-corrected chi connectivity index (χ4v) is 1.44. The summed E-state index contributed by atoms with van der Waals surface area (Å²) in [5, 5.41) is 19.6. The van der Waals surface area contributed by atoms with Crippen molar-refractivity contribution in [3.05, 3.63) is 36.1 Å². The highest BCUT2D eigenvalue weighted by Gasteiger charge is 2.13. The first-order valence-corrected chi connectivity index (χ1v) is 5.22. The van der Waals surface area contributed by atoms with Crippen molar-refractivity contribution in [3.63, 3.8) is 0 Å². The number of furan rings is 1. The maximum Gasteiger partial charge on any atom is 0.358 e. The van der Waals surface area contributed by atoms with Crippen molar-refractivity contribution < 1.29 is 18.8 Å². The highest BCUT2D eigenvalue weighted by atomic mass is 16.5. The largest absolute Gasteiger partial charge is 0.476 e. The van der Waals surface area contributed by atoms with Crippen molar-refractivity contribution in [1.29, 1.82) is 0 Å². The monoisotopic (exact) mass is 261 g/mol. The van der Waals surface area contributed by atoms with Crippen LogP contribution < -0.4 is 0 Å². The first kappa shape index (κ1) is 11.1. The van der Waals surface area contributed by atoms with Gasteiger partial charge < -0.3 is 14.0 Å². The number of hydrogen-bond acceptors (Lipinski definition) is 7. The number of carbonyl (C=O) groups is 1. The van der Waals surface area contributed by atoms with Crippen molar-refractivity contribution in [2.24, 2.45) is 0 Å². The van der Waals surface area contributed by atoms with E-state index in [2.05, 4.69) is 20.5 Å². The van der Waals surface area contributed by atoms with E-state index in [0.29, 0.717) is 11.6 Å². The lowest BCUT2D eigenvalue weighted by atomic mass is 10.4. The van der Waals surface area contributed by atoms with E-state index in [-0.39, 0.29) is 18.1 Å². The third kappa shape index (κ3) is 2.20. The summed E-state index contributed by atoms with van der Waals surface area (Å²) < 4.78 is 11.4. The van der Waals surface area contributed by atoms with Gasteiger partial charge in [-0.2, -0.15) is 4.98 Å². The van der Waals surface area contributed by atoms with Crippen LogP contribution >= 0.6 is 0 Å². The molecule has 0 aliphatic carbocycles. The van der Waals surface area contributed by atoms with Crippen LogP contribution in [0.5, 0.6) is 0 Å². The average Bonchev–Trinajstić information content (AvgIpc) is 3.09. The van der Waals surface area contributed by atoms with Gasteiger partial charge in [-0.15, -0.1) is 5.10 Å². The molecule has 0 bridgehead atoms. The Bertz CT molecular complexity index is 699. The molecule has 3 aromatic heterocycles. The van der Waals surface area contributed by atoms with E-state index >= 15 is 0 Å². The zero-order valence-corrected chi connectivity index (χ0v) is 9.42. The third-order valence-electron chi connectivity index (χ3n) is 2.26. The van der Waals surface area contributed by atoms with E-state index in [0.717, 1.165) is 0 Å². The molecule has 0 amide bonds. The molecule has 3 heterocycles. The molecule has 0 spiro atoms. The van der Waals surface area contributed by atoms with Gasteiger partial charge in [-0.3, -0.25) is 0 Å².